The molecule has 7 aromatic rings. The van der Waals surface area contributed by atoms with E-state index in [1.54, 1.807) is 19.9 Å². The van der Waals surface area contributed by atoms with Crippen LogP contribution < -0.4 is 19.3 Å². The Hall–Kier alpha value is -6.48. The minimum atomic E-state index is -4.18. The summed E-state index contributed by atoms with van der Waals surface area (Å²) in [7, 11) is -8.02. The maximum atomic E-state index is 12.5. The molecule has 0 saturated heterocycles. The smallest absolute Gasteiger partial charge is 0.297 e. The lowest BCUT2D eigenvalue weighted by molar-refractivity contribution is 0.0980. The predicted octanol–water partition coefficient (Wildman–Crippen LogP) is 7.83. The summed E-state index contributed by atoms with van der Waals surface area (Å²) in [6, 6.07) is 41.1. The summed E-state index contributed by atoms with van der Waals surface area (Å²) in [5.74, 6) is 1.40. The fourth-order valence-electron chi connectivity index (χ4n) is 5.34. The SMILES string of the molecule is Cc1oc(S(=O)(=O)NC(=O)c2cccnc2)cc1COc1ccc(-c2ccccc2)cc1.Cc1oc(S(N)(=O)=O)cc1COc1ccc(-c2ccccc2)cc1. The lowest BCUT2D eigenvalue weighted by atomic mass is 10.1. The highest BCUT2D eigenvalue weighted by molar-refractivity contribution is 7.90. The van der Waals surface area contributed by atoms with Crippen molar-refractivity contribution in [2.45, 2.75) is 37.2 Å². The quantitative estimate of drug-likeness (QED) is 0.124. The third-order valence-electron chi connectivity index (χ3n) is 8.40. The fraction of sp³-hybridized carbons (Fsp3) is 0.0952. The van der Waals surface area contributed by atoms with Crippen molar-refractivity contribution in [1.82, 2.24) is 9.71 Å². The number of furan rings is 2. The van der Waals surface area contributed by atoms with Gasteiger partial charge in [-0.3, -0.25) is 9.78 Å². The van der Waals surface area contributed by atoms with Crippen molar-refractivity contribution >= 4 is 26.0 Å². The maximum absolute atomic E-state index is 12.5. The van der Waals surface area contributed by atoms with E-state index in [4.69, 9.17) is 23.4 Å². The van der Waals surface area contributed by atoms with Crippen LogP contribution in [0.5, 0.6) is 11.5 Å². The number of carbonyl (C=O) groups is 1. The number of carbonyl (C=O) groups excluding carboxylic acids is 1. The first-order chi connectivity index (χ1) is 26.9. The largest absolute Gasteiger partial charge is 0.489 e. The molecule has 0 aliphatic carbocycles. The summed E-state index contributed by atoms with van der Waals surface area (Å²) in [6.07, 6.45) is 2.77. The Morgan fingerprint density at radius 3 is 1.50 bits per heavy atom. The second-order valence-electron chi connectivity index (χ2n) is 12.4. The highest BCUT2D eigenvalue weighted by Crippen LogP contribution is 2.26. The molecule has 0 spiro atoms. The highest BCUT2D eigenvalue weighted by Gasteiger charge is 2.24. The standard InChI is InChI=1S/C24H20N2O5S.C18H17NO4S/c1-17-21(16-30-22-11-9-19(10-12-22)18-6-3-2-4-7-18)14-23(31-17)32(28,29)26-24(27)20-8-5-13-25-15-20;1-13-16(11-18(23-13)24(19,20)21)12-22-17-9-7-15(8-10-17)14-5-3-2-4-6-14/h2-15H,16H2,1H3,(H,26,27);2-11H,12H2,1H3,(H2,19,20,21). The molecule has 0 bridgehead atoms. The van der Waals surface area contributed by atoms with Gasteiger partial charge in [0, 0.05) is 35.7 Å². The zero-order valence-electron chi connectivity index (χ0n) is 30.3. The number of nitrogens with two attached hydrogens (primary N) is 1. The summed E-state index contributed by atoms with van der Waals surface area (Å²) in [5, 5.41) is 4.45. The number of sulfonamides is 2. The van der Waals surface area contributed by atoms with Gasteiger partial charge in [-0.05, 0) is 72.5 Å². The van der Waals surface area contributed by atoms with E-state index in [1.165, 1.54) is 30.6 Å². The Labute approximate surface area is 324 Å². The number of hydrogen-bond donors (Lipinski definition) is 2. The zero-order valence-corrected chi connectivity index (χ0v) is 31.9. The minimum Gasteiger partial charge on any atom is -0.489 e. The molecule has 0 saturated carbocycles. The van der Waals surface area contributed by atoms with E-state index in [9.17, 15) is 21.6 Å². The number of nitrogens with zero attached hydrogens (tertiary/aromatic N) is 1. The van der Waals surface area contributed by atoms with Crippen molar-refractivity contribution in [1.29, 1.82) is 0 Å². The van der Waals surface area contributed by atoms with Crippen LogP contribution in [0.2, 0.25) is 0 Å². The van der Waals surface area contributed by atoms with Crippen molar-refractivity contribution in [2.24, 2.45) is 5.14 Å². The number of hydrogen-bond acceptors (Lipinski definition) is 10. The van der Waals surface area contributed by atoms with Crippen LogP contribution in [0.1, 0.15) is 33.0 Å². The van der Waals surface area contributed by atoms with Crippen LogP contribution in [0, 0.1) is 13.8 Å². The lowest BCUT2D eigenvalue weighted by Crippen LogP contribution is -2.30. The summed E-state index contributed by atoms with van der Waals surface area (Å²) in [4.78, 5) is 16.0. The van der Waals surface area contributed by atoms with Crippen LogP contribution in [-0.4, -0.2) is 27.7 Å². The summed E-state index contributed by atoms with van der Waals surface area (Å²) >= 11 is 0. The number of benzene rings is 4. The van der Waals surface area contributed by atoms with Crippen LogP contribution in [0.4, 0.5) is 0 Å². The second-order valence-corrected chi connectivity index (χ2v) is 15.5. The summed E-state index contributed by atoms with van der Waals surface area (Å²) in [5.41, 5.74) is 5.73. The fourth-order valence-corrected chi connectivity index (χ4v) is 6.88. The van der Waals surface area contributed by atoms with Gasteiger partial charge in [-0.2, -0.15) is 8.42 Å². The average Bonchev–Trinajstić information content (AvgIpc) is 3.80. The van der Waals surface area contributed by atoms with Gasteiger partial charge in [0.25, 0.3) is 26.0 Å². The Balaban J connectivity index is 0.000000198. The molecule has 14 heteroatoms. The predicted molar refractivity (Wildman–Crippen MR) is 210 cm³/mol. The molecule has 12 nitrogen and oxygen atoms in total. The van der Waals surface area contributed by atoms with Crippen LogP contribution in [0.25, 0.3) is 22.3 Å². The molecule has 7 rings (SSSR count). The number of aryl methyl sites for hydroxylation is 2. The molecule has 0 fully saturated rings. The van der Waals surface area contributed by atoms with E-state index in [0.717, 1.165) is 22.3 Å². The second kappa shape index (κ2) is 17.3. The Morgan fingerprint density at radius 1 is 0.625 bits per heavy atom. The number of primary sulfonamides is 1. The topological polar surface area (TPSA) is 181 Å². The molecule has 0 radical (unpaired) electrons. The van der Waals surface area contributed by atoms with E-state index in [-0.39, 0.29) is 29.0 Å². The van der Waals surface area contributed by atoms with Crippen molar-refractivity contribution in [2.75, 3.05) is 0 Å². The monoisotopic (exact) mass is 791 g/mol. The van der Waals surface area contributed by atoms with Crippen molar-refractivity contribution in [3.05, 3.63) is 174 Å². The number of aromatic nitrogens is 1. The van der Waals surface area contributed by atoms with E-state index in [1.807, 2.05) is 114 Å². The Kier molecular flexibility index (Phi) is 12.1. The maximum Gasteiger partial charge on any atom is 0.297 e. The molecule has 56 heavy (non-hydrogen) atoms. The van der Waals surface area contributed by atoms with Gasteiger partial charge in [0.2, 0.25) is 10.2 Å². The van der Waals surface area contributed by atoms with Crippen molar-refractivity contribution in [3.8, 4) is 33.8 Å². The van der Waals surface area contributed by atoms with Gasteiger partial charge < -0.3 is 18.3 Å². The van der Waals surface area contributed by atoms with Crippen molar-refractivity contribution < 1.29 is 39.9 Å². The van der Waals surface area contributed by atoms with E-state index in [2.05, 4.69) is 4.98 Å². The van der Waals surface area contributed by atoms with Crippen LogP contribution in [0.15, 0.2) is 165 Å². The molecule has 3 aromatic heterocycles. The third kappa shape index (κ3) is 10.2. The van der Waals surface area contributed by atoms with Gasteiger partial charge in [-0.15, -0.1) is 0 Å². The summed E-state index contributed by atoms with van der Waals surface area (Å²) < 4.78 is 71.7. The molecule has 1 amide bonds. The highest BCUT2D eigenvalue weighted by atomic mass is 32.2. The molecule has 0 atom stereocenters. The first-order valence-corrected chi connectivity index (χ1v) is 20.1. The number of nitrogens with one attached hydrogen (secondary N) is 1. The number of rotatable bonds is 12. The first-order valence-electron chi connectivity index (χ1n) is 17.1. The van der Waals surface area contributed by atoms with Crippen molar-refractivity contribution in [3.63, 3.8) is 0 Å². The molecule has 0 aliphatic heterocycles. The molecular formula is C42H37N3O9S2. The zero-order chi connectivity index (χ0) is 39.7. The molecular weight excluding hydrogens is 755 g/mol. The van der Waals surface area contributed by atoms with E-state index in [0.29, 0.717) is 34.1 Å². The average molecular weight is 792 g/mol. The molecule has 0 aliphatic rings. The molecule has 3 N–H and O–H groups in total. The van der Waals surface area contributed by atoms with Gasteiger partial charge in [-0.25, -0.2) is 18.3 Å². The van der Waals surface area contributed by atoms with Gasteiger partial charge >= 0.3 is 0 Å². The van der Waals surface area contributed by atoms with Gasteiger partial charge in [0.1, 0.15) is 36.2 Å². The molecule has 4 aromatic carbocycles. The van der Waals surface area contributed by atoms with Gasteiger partial charge in [0.05, 0.1) is 5.56 Å². The van der Waals surface area contributed by atoms with Gasteiger partial charge in [-0.1, -0.05) is 84.9 Å². The lowest BCUT2D eigenvalue weighted by Gasteiger charge is -2.07. The van der Waals surface area contributed by atoms with E-state index >= 15 is 0 Å². The van der Waals surface area contributed by atoms with Crippen LogP contribution >= 0.6 is 0 Å². The number of pyridine rings is 1. The molecule has 3 heterocycles. The molecule has 286 valence electrons. The third-order valence-corrected chi connectivity index (χ3v) is 10.4. The van der Waals surface area contributed by atoms with E-state index < -0.39 is 26.0 Å². The van der Waals surface area contributed by atoms with Gasteiger partial charge in [0.15, 0.2) is 0 Å². The Bertz CT molecular complexity index is 2610. The Morgan fingerprint density at radius 2 is 1.07 bits per heavy atom. The minimum absolute atomic E-state index is 0.117. The first kappa shape index (κ1) is 39.2. The normalized spacial score (nSPS) is 11.3. The number of ether oxygens (including phenoxy) is 2. The summed E-state index contributed by atoms with van der Waals surface area (Å²) in [6.45, 7) is 3.63. The van der Waals surface area contributed by atoms with Crippen LogP contribution in [-0.2, 0) is 33.3 Å². The molecule has 0 unspecified atom stereocenters. The van der Waals surface area contributed by atoms with Crippen LogP contribution in [0.3, 0.4) is 0 Å². The number of amides is 1.